The van der Waals surface area contributed by atoms with E-state index in [0.29, 0.717) is 6.10 Å². The van der Waals surface area contributed by atoms with Gasteiger partial charge in [-0.3, -0.25) is 0 Å². The molecule has 2 fully saturated rings. The highest BCUT2D eigenvalue weighted by atomic mass is 16.5. The minimum absolute atomic E-state index is 0.518. The van der Waals surface area contributed by atoms with Gasteiger partial charge in [0.15, 0.2) is 0 Å². The first-order chi connectivity index (χ1) is 8.69. The molecule has 0 radical (unpaired) electrons. The zero-order valence-electron chi connectivity index (χ0n) is 12.4. The molecule has 2 aliphatic heterocycles. The number of likely N-dealkylation sites (tertiary alicyclic amines) is 2. The quantitative estimate of drug-likeness (QED) is 0.765. The molecule has 2 rings (SSSR count). The van der Waals surface area contributed by atoms with E-state index in [1.165, 1.54) is 58.4 Å². The number of ether oxygens (including phenoxy) is 1. The van der Waals surface area contributed by atoms with E-state index in [0.717, 1.165) is 12.0 Å². The van der Waals surface area contributed by atoms with Gasteiger partial charge in [0.2, 0.25) is 0 Å². The molecule has 3 nitrogen and oxygen atoms in total. The van der Waals surface area contributed by atoms with Crippen LogP contribution in [0.2, 0.25) is 0 Å². The van der Waals surface area contributed by atoms with Gasteiger partial charge in [0.1, 0.15) is 0 Å². The Kier molecular flexibility index (Phi) is 5.46. The van der Waals surface area contributed by atoms with Crippen LogP contribution in [0.1, 0.15) is 39.5 Å². The van der Waals surface area contributed by atoms with Gasteiger partial charge in [0.05, 0.1) is 6.10 Å². The van der Waals surface area contributed by atoms with Crippen LogP contribution in [0.15, 0.2) is 0 Å². The van der Waals surface area contributed by atoms with Gasteiger partial charge in [-0.1, -0.05) is 0 Å². The minimum Gasteiger partial charge on any atom is -0.381 e. The maximum Gasteiger partial charge on any atom is 0.0595 e. The molecular weight excluding hydrogens is 224 g/mol. The Bertz CT molecular complexity index is 229. The molecule has 0 bridgehead atoms. The Morgan fingerprint density at radius 1 is 1.00 bits per heavy atom. The normalized spacial score (nSPS) is 26.0. The first-order valence-electron chi connectivity index (χ1n) is 7.68. The first kappa shape index (κ1) is 14.3. The molecule has 0 atom stereocenters. The molecule has 0 amide bonds. The summed E-state index contributed by atoms with van der Waals surface area (Å²) in [5, 5.41) is 0. The van der Waals surface area contributed by atoms with E-state index in [2.05, 4.69) is 23.6 Å². The Hall–Kier alpha value is -0.120. The van der Waals surface area contributed by atoms with Crippen LogP contribution in [-0.4, -0.2) is 61.8 Å². The summed E-state index contributed by atoms with van der Waals surface area (Å²) in [6, 6.07) is 0.725. The third-order valence-corrected chi connectivity index (χ3v) is 4.76. The zero-order valence-corrected chi connectivity index (χ0v) is 12.4. The lowest BCUT2D eigenvalue weighted by Gasteiger charge is -2.38. The van der Waals surface area contributed by atoms with Gasteiger partial charge in [-0.25, -0.2) is 0 Å². The van der Waals surface area contributed by atoms with Crippen molar-refractivity contribution in [1.82, 2.24) is 9.80 Å². The average Bonchev–Trinajstić information content (AvgIpc) is 2.40. The highest BCUT2D eigenvalue weighted by Gasteiger charge is 2.25. The van der Waals surface area contributed by atoms with Crippen LogP contribution in [0.5, 0.6) is 0 Å². The molecule has 3 heteroatoms. The van der Waals surface area contributed by atoms with E-state index in [4.69, 9.17) is 4.74 Å². The Labute approximate surface area is 112 Å². The van der Waals surface area contributed by atoms with Crippen LogP contribution in [0.4, 0.5) is 0 Å². The number of hydrogen-bond donors (Lipinski definition) is 0. The molecule has 106 valence electrons. The summed E-state index contributed by atoms with van der Waals surface area (Å²) in [5.41, 5.74) is 0. The second kappa shape index (κ2) is 6.88. The van der Waals surface area contributed by atoms with E-state index in [1.807, 2.05) is 7.11 Å². The lowest BCUT2D eigenvalue weighted by molar-refractivity contribution is 0.0310. The standard InChI is InChI=1S/C15H30N2O/c1-13(2)17-10-4-14(5-11-17)12-16-8-6-15(18-3)7-9-16/h13-15H,4-12H2,1-3H3. The van der Waals surface area contributed by atoms with Crippen molar-refractivity contribution >= 4 is 0 Å². The van der Waals surface area contributed by atoms with Gasteiger partial charge < -0.3 is 14.5 Å². The Balaban J connectivity index is 1.66. The number of piperidine rings is 2. The molecule has 0 unspecified atom stereocenters. The van der Waals surface area contributed by atoms with Crippen LogP contribution < -0.4 is 0 Å². The summed E-state index contributed by atoms with van der Waals surface area (Å²) in [7, 11) is 1.85. The minimum atomic E-state index is 0.518. The van der Waals surface area contributed by atoms with Crippen molar-refractivity contribution in [3.05, 3.63) is 0 Å². The second-order valence-corrected chi connectivity index (χ2v) is 6.31. The predicted octanol–water partition coefficient (Wildman–Crippen LogP) is 2.22. The van der Waals surface area contributed by atoms with Crippen LogP contribution >= 0.6 is 0 Å². The maximum absolute atomic E-state index is 5.44. The summed E-state index contributed by atoms with van der Waals surface area (Å²) in [6.45, 7) is 11.0. The zero-order chi connectivity index (χ0) is 13.0. The van der Waals surface area contributed by atoms with Crippen molar-refractivity contribution in [1.29, 1.82) is 0 Å². The van der Waals surface area contributed by atoms with Crippen LogP contribution in [-0.2, 0) is 4.74 Å². The molecule has 0 aromatic rings. The molecule has 0 spiro atoms. The Morgan fingerprint density at radius 2 is 1.61 bits per heavy atom. The number of hydrogen-bond acceptors (Lipinski definition) is 3. The fourth-order valence-corrected chi connectivity index (χ4v) is 3.34. The van der Waals surface area contributed by atoms with Crippen LogP contribution in [0.3, 0.4) is 0 Å². The van der Waals surface area contributed by atoms with Crippen molar-refractivity contribution in [3.8, 4) is 0 Å². The highest BCUT2D eigenvalue weighted by molar-refractivity contribution is 4.79. The molecule has 0 aliphatic carbocycles. The predicted molar refractivity (Wildman–Crippen MR) is 75.9 cm³/mol. The van der Waals surface area contributed by atoms with Crippen LogP contribution in [0, 0.1) is 5.92 Å². The molecule has 2 aliphatic rings. The fourth-order valence-electron chi connectivity index (χ4n) is 3.34. The van der Waals surface area contributed by atoms with Crippen molar-refractivity contribution in [2.75, 3.05) is 39.8 Å². The van der Waals surface area contributed by atoms with Gasteiger partial charge in [0.25, 0.3) is 0 Å². The lowest BCUT2D eigenvalue weighted by atomic mass is 9.94. The number of nitrogens with zero attached hydrogens (tertiary/aromatic N) is 2. The van der Waals surface area contributed by atoms with E-state index in [1.54, 1.807) is 0 Å². The molecule has 0 aromatic carbocycles. The number of methoxy groups -OCH3 is 1. The Morgan fingerprint density at radius 3 is 2.11 bits per heavy atom. The van der Waals surface area contributed by atoms with E-state index >= 15 is 0 Å². The third kappa shape index (κ3) is 3.94. The fraction of sp³-hybridized carbons (Fsp3) is 1.00. The van der Waals surface area contributed by atoms with Gasteiger partial charge in [-0.2, -0.15) is 0 Å². The summed E-state index contributed by atoms with van der Waals surface area (Å²) in [5.74, 6) is 0.930. The molecule has 2 saturated heterocycles. The van der Waals surface area contributed by atoms with E-state index < -0.39 is 0 Å². The number of rotatable bonds is 4. The van der Waals surface area contributed by atoms with E-state index in [-0.39, 0.29) is 0 Å². The van der Waals surface area contributed by atoms with Gasteiger partial charge in [-0.15, -0.1) is 0 Å². The van der Waals surface area contributed by atoms with Crippen LogP contribution in [0.25, 0.3) is 0 Å². The monoisotopic (exact) mass is 254 g/mol. The summed E-state index contributed by atoms with van der Waals surface area (Å²) in [6.07, 6.45) is 5.75. The molecule has 18 heavy (non-hydrogen) atoms. The smallest absolute Gasteiger partial charge is 0.0595 e. The van der Waals surface area contributed by atoms with Gasteiger partial charge in [0, 0.05) is 32.8 Å². The van der Waals surface area contributed by atoms with Crippen molar-refractivity contribution in [2.45, 2.75) is 51.7 Å². The largest absolute Gasteiger partial charge is 0.381 e. The molecule has 2 heterocycles. The molecule has 0 saturated carbocycles. The van der Waals surface area contributed by atoms with Gasteiger partial charge >= 0.3 is 0 Å². The summed E-state index contributed by atoms with van der Waals surface area (Å²) < 4.78 is 5.44. The third-order valence-electron chi connectivity index (χ3n) is 4.76. The highest BCUT2D eigenvalue weighted by Crippen LogP contribution is 2.22. The summed E-state index contributed by atoms with van der Waals surface area (Å²) >= 11 is 0. The first-order valence-corrected chi connectivity index (χ1v) is 7.68. The second-order valence-electron chi connectivity index (χ2n) is 6.31. The molecule has 0 N–H and O–H groups in total. The van der Waals surface area contributed by atoms with Crippen molar-refractivity contribution in [3.63, 3.8) is 0 Å². The maximum atomic E-state index is 5.44. The van der Waals surface area contributed by atoms with E-state index in [9.17, 15) is 0 Å². The topological polar surface area (TPSA) is 15.7 Å². The SMILES string of the molecule is COC1CCN(CC2CCN(C(C)C)CC2)CC1. The van der Waals surface area contributed by atoms with Crippen molar-refractivity contribution in [2.24, 2.45) is 5.92 Å². The van der Waals surface area contributed by atoms with Crippen molar-refractivity contribution < 1.29 is 4.74 Å². The van der Waals surface area contributed by atoms with Gasteiger partial charge in [-0.05, 0) is 58.5 Å². The molecular formula is C15H30N2O. The summed E-state index contributed by atoms with van der Waals surface area (Å²) in [4.78, 5) is 5.28. The molecule has 0 aromatic heterocycles. The lowest BCUT2D eigenvalue weighted by Crippen LogP contribution is -2.44. The average molecular weight is 254 g/mol.